The summed E-state index contributed by atoms with van der Waals surface area (Å²) in [7, 11) is 1.75. The van der Waals surface area contributed by atoms with Crippen LogP contribution in [0.25, 0.3) is 0 Å². The number of carboxylic acid groups (broad SMARTS) is 1. The van der Waals surface area contributed by atoms with Crippen molar-refractivity contribution in [3.8, 4) is 0 Å². The van der Waals surface area contributed by atoms with Crippen LogP contribution in [0.15, 0.2) is 6.33 Å². The fourth-order valence-electron chi connectivity index (χ4n) is 1.79. The molecule has 0 saturated carbocycles. The lowest BCUT2D eigenvalue weighted by Crippen LogP contribution is -2.41. The molecule has 3 N–H and O–H groups in total. The van der Waals surface area contributed by atoms with E-state index in [1.807, 2.05) is 6.92 Å². The van der Waals surface area contributed by atoms with E-state index < -0.39 is 11.4 Å². The second-order valence-corrected chi connectivity index (χ2v) is 4.02. The fraction of sp³-hybridized carbons (Fsp3) is 0.700. The van der Waals surface area contributed by atoms with Gasteiger partial charge in [-0.15, -0.1) is 0 Å². The smallest absolute Gasteiger partial charge is 0.311 e. The van der Waals surface area contributed by atoms with Crippen molar-refractivity contribution in [3.63, 3.8) is 0 Å². The number of nitrogens with zero attached hydrogens (tertiary/aromatic N) is 3. The molecule has 0 radical (unpaired) electrons. The number of hydrogen-bond donors (Lipinski definition) is 2. The third-order valence-electron chi connectivity index (χ3n) is 2.87. The van der Waals surface area contributed by atoms with Gasteiger partial charge >= 0.3 is 5.97 Å². The van der Waals surface area contributed by atoms with Gasteiger partial charge in [-0.2, -0.15) is 5.10 Å². The molecule has 0 aliphatic carbocycles. The Labute approximate surface area is 94.5 Å². The number of aryl methyl sites for hydroxylation is 1. The van der Waals surface area contributed by atoms with Crippen LogP contribution >= 0.6 is 0 Å². The highest BCUT2D eigenvalue weighted by Gasteiger charge is 2.37. The van der Waals surface area contributed by atoms with Gasteiger partial charge in [0, 0.05) is 20.0 Å². The molecule has 0 fully saturated rings. The third kappa shape index (κ3) is 2.38. The number of nitrogens with two attached hydrogens (primary N) is 1. The Morgan fingerprint density at radius 1 is 1.69 bits per heavy atom. The molecule has 0 aliphatic rings. The molecule has 6 nitrogen and oxygen atoms in total. The van der Waals surface area contributed by atoms with E-state index in [0.29, 0.717) is 18.7 Å². The van der Waals surface area contributed by atoms with Crippen molar-refractivity contribution in [2.75, 3.05) is 6.54 Å². The van der Waals surface area contributed by atoms with E-state index in [2.05, 4.69) is 10.1 Å². The zero-order valence-electron chi connectivity index (χ0n) is 9.68. The van der Waals surface area contributed by atoms with Crippen LogP contribution in [0.3, 0.4) is 0 Å². The molecule has 1 rings (SSSR count). The summed E-state index contributed by atoms with van der Waals surface area (Å²) < 4.78 is 1.59. The van der Waals surface area contributed by atoms with E-state index in [0.717, 1.165) is 6.42 Å². The summed E-state index contributed by atoms with van der Waals surface area (Å²) in [5.41, 5.74) is 4.70. The van der Waals surface area contributed by atoms with Crippen LogP contribution in [0.5, 0.6) is 0 Å². The minimum atomic E-state index is -0.921. The van der Waals surface area contributed by atoms with Crippen LogP contribution in [-0.4, -0.2) is 32.4 Å². The Bertz CT molecular complexity index is 363. The summed E-state index contributed by atoms with van der Waals surface area (Å²) >= 11 is 0. The Kier molecular flexibility index (Phi) is 4.00. The largest absolute Gasteiger partial charge is 0.481 e. The van der Waals surface area contributed by atoms with Gasteiger partial charge < -0.3 is 10.8 Å². The standard InChI is InChI=1S/C10H18N4O2/c1-3-4-10(6-11,9(15)16)5-8-12-7-13-14(8)2/h7H,3-6,11H2,1-2H3,(H,15,16). The molecule has 0 bridgehead atoms. The minimum Gasteiger partial charge on any atom is -0.481 e. The average Bonchev–Trinajstić information content (AvgIpc) is 2.63. The van der Waals surface area contributed by atoms with Crippen molar-refractivity contribution in [1.82, 2.24) is 14.8 Å². The first kappa shape index (κ1) is 12.6. The van der Waals surface area contributed by atoms with Crippen molar-refractivity contribution in [2.45, 2.75) is 26.2 Å². The summed E-state index contributed by atoms with van der Waals surface area (Å²) in [6.07, 6.45) is 3.07. The second-order valence-electron chi connectivity index (χ2n) is 4.02. The van der Waals surface area contributed by atoms with Gasteiger partial charge in [-0.1, -0.05) is 13.3 Å². The quantitative estimate of drug-likeness (QED) is 0.722. The van der Waals surface area contributed by atoms with Crippen LogP contribution in [0.4, 0.5) is 0 Å². The summed E-state index contributed by atoms with van der Waals surface area (Å²) in [6, 6.07) is 0. The van der Waals surface area contributed by atoms with Crippen molar-refractivity contribution in [3.05, 3.63) is 12.2 Å². The molecule has 0 aliphatic heterocycles. The monoisotopic (exact) mass is 226 g/mol. The predicted octanol–water partition coefficient (Wildman–Crippen LogP) is 0.187. The molecule has 1 heterocycles. The zero-order chi connectivity index (χ0) is 12.2. The van der Waals surface area contributed by atoms with Gasteiger partial charge in [-0.05, 0) is 6.42 Å². The van der Waals surface area contributed by atoms with E-state index in [-0.39, 0.29) is 6.54 Å². The maximum atomic E-state index is 11.3. The second kappa shape index (κ2) is 5.07. The lowest BCUT2D eigenvalue weighted by atomic mass is 9.80. The molecule has 0 saturated heterocycles. The molecule has 90 valence electrons. The molecule has 6 heteroatoms. The summed E-state index contributed by atoms with van der Waals surface area (Å²) in [5.74, 6) is -0.207. The molecule has 1 aromatic heterocycles. The van der Waals surface area contributed by atoms with Gasteiger partial charge in [0.1, 0.15) is 12.2 Å². The van der Waals surface area contributed by atoms with E-state index in [4.69, 9.17) is 5.73 Å². The van der Waals surface area contributed by atoms with Crippen molar-refractivity contribution in [2.24, 2.45) is 18.2 Å². The first-order chi connectivity index (χ1) is 7.55. The molecule has 1 aromatic rings. The van der Waals surface area contributed by atoms with Crippen molar-refractivity contribution < 1.29 is 9.90 Å². The first-order valence-electron chi connectivity index (χ1n) is 5.32. The molecule has 16 heavy (non-hydrogen) atoms. The van der Waals surface area contributed by atoms with Gasteiger partial charge in [-0.25, -0.2) is 4.98 Å². The number of aromatic nitrogens is 3. The Balaban J connectivity index is 2.94. The molecule has 0 spiro atoms. The van der Waals surface area contributed by atoms with Gasteiger partial charge in [0.05, 0.1) is 5.41 Å². The van der Waals surface area contributed by atoms with E-state index in [1.54, 1.807) is 11.7 Å². The molecule has 1 atom stereocenters. The Morgan fingerprint density at radius 3 is 2.75 bits per heavy atom. The van der Waals surface area contributed by atoms with E-state index >= 15 is 0 Å². The molecular formula is C10H18N4O2. The summed E-state index contributed by atoms with van der Waals surface area (Å²) in [5, 5.41) is 13.2. The fourth-order valence-corrected chi connectivity index (χ4v) is 1.79. The predicted molar refractivity (Wildman–Crippen MR) is 58.7 cm³/mol. The van der Waals surface area contributed by atoms with Crippen molar-refractivity contribution in [1.29, 1.82) is 0 Å². The summed E-state index contributed by atoms with van der Waals surface area (Å²) in [4.78, 5) is 15.4. The molecule has 0 amide bonds. The molecule has 1 unspecified atom stereocenters. The van der Waals surface area contributed by atoms with Crippen LogP contribution in [0.1, 0.15) is 25.6 Å². The normalized spacial score (nSPS) is 14.7. The Morgan fingerprint density at radius 2 is 2.38 bits per heavy atom. The topological polar surface area (TPSA) is 94.0 Å². The van der Waals surface area contributed by atoms with Gasteiger partial charge in [0.25, 0.3) is 0 Å². The first-order valence-corrected chi connectivity index (χ1v) is 5.32. The highest BCUT2D eigenvalue weighted by atomic mass is 16.4. The maximum Gasteiger partial charge on any atom is 0.311 e. The minimum absolute atomic E-state index is 0.114. The van der Waals surface area contributed by atoms with Crippen LogP contribution in [0.2, 0.25) is 0 Å². The maximum absolute atomic E-state index is 11.3. The van der Waals surface area contributed by atoms with E-state index in [9.17, 15) is 9.90 Å². The zero-order valence-corrected chi connectivity index (χ0v) is 9.68. The van der Waals surface area contributed by atoms with Crippen LogP contribution in [0, 0.1) is 5.41 Å². The van der Waals surface area contributed by atoms with Crippen molar-refractivity contribution >= 4 is 5.97 Å². The lowest BCUT2D eigenvalue weighted by molar-refractivity contribution is -0.149. The van der Waals surface area contributed by atoms with Crippen LogP contribution in [-0.2, 0) is 18.3 Å². The number of hydrogen-bond acceptors (Lipinski definition) is 4. The molecular weight excluding hydrogens is 208 g/mol. The van der Waals surface area contributed by atoms with Gasteiger partial charge in [0.15, 0.2) is 0 Å². The van der Waals surface area contributed by atoms with Gasteiger partial charge in [0.2, 0.25) is 0 Å². The number of rotatable bonds is 6. The lowest BCUT2D eigenvalue weighted by Gasteiger charge is -2.26. The van der Waals surface area contributed by atoms with E-state index in [1.165, 1.54) is 6.33 Å². The SMILES string of the molecule is CCCC(CN)(Cc1ncnn1C)C(=O)O. The highest BCUT2D eigenvalue weighted by Crippen LogP contribution is 2.27. The highest BCUT2D eigenvalue weighted by molar-refractivity contribution is 5.75. The number of carbonyl (C=O) groups is 1. The number of carboxylic acids is 1. The summed E-state index contributed by atoms with van der Waals surface area (Å²) in [6.45, 7) is 2.06. The van der Waals surface area contributed by atoms with Crippen LogP contribution < -0.4 is 5.73 Å². The average molecular weight is 226 g/mol. The Hall–Kier alpha value is -1.43. The van der Waals surface area contributed by atoms with Gasteiger partial charge in [-0.3, -0.25) is 9.48 Å². The number of aliphatic carboxylic acids is 1. The molecule has 0 aromatic carbocycles. The third-order valence-corrected chi connectivity index (χ3v) is 2.87.